The van der Waals surface area contributed by atoms with Crippen LogP contribution in [0.25, 0.3) is 0 Å². The Morgan fingerprint density at radius 2 is 1.65 bits per heavy atom. The second-order valence-corrected chi connectivity index (χ2v) is 5.14. The molecule has 0 bridgehead atoms. The van der Waals surface area contributed by atoms with Gasteiger partial charge in [0.1, 0.15) is 0 Å². The van der Waals surface area contributed by atoms with E-state index in [1.807, 2.05) is 0 Å². The van der Waals surface area contributed by atoms with Crippen LogP contribution in [0.1, 0.15) is 52.8 Å². The topological polar surface area (TPSA) is 52.6 Å². The van der Waals surface area contributed by atoms with Gasteiger partial charge in [-0.2, -0.15) is 0 Å². The van der Waals surface area contributed by atoms with E-state index in [1.54, 1.807) is 24.3 Å². The zero-order chi connectivity index (χ0) is 14.4. The Morgan fingerprint density at radius 1 is 1.05 bits per heavy atom. The summed E-state index contributed by atoms with van der Waals surface area (Å²) in [6, 6.07) is 6.58. The van der Waals surface area contributed by atoms with Crippen molar-refractivity contribution in [1.29, 1.82) is 0 Å². The Morgan fingerprint density at radius 3 is 2.25 bits per heavy atom. The van der Waals surface area contributed by atoms with Gasteiger partial charge in [0, 0.05) is 0 Å². The van der Waals surface area contributed by atoms with Gasteiger partial charge in [-0.25, -0.2) is 9.59 Å². The Bertz CT molecular complexity index is 475. The zero-order valence-electron chi connectivity index (χ0n) is 11.8. The SMILES string of the molecule is COC(=O)c1ccccc1C(=O)OCC1CCCCC1. The van der Waals surface area contributed by atoms with Crippen LogP contribution in [-0.4, -0.2) is 25.7 Å². The van der Waals surface area contributed by atoms with Gasteiger partial charge < -0.3 is 9.47 Å². The van der Waals surface area contributed by atoms with Gasteiger partial charge in [-0.1, -0.05) is 31.4 Å². The van der Waals surface area contributed by atoms with E-state index < -0.39 is 11.9 Å². The van der Waals surface area contributed by atoms with Gasteiger partial charge in [0.05, 0.1) is 24.8 Å². The number of methoxy groups -OCH3 is 1. The molecule has 2 rings (SSSR count). The maximum atomic E-state index is 12.1. The smallest absolute Gasteiger partial charge is 0.339 e. The van der Waals surface area contributed by atoms with Gasteiger partial charge in [0.15, 0.2) is 0 Å². The van der Waals surface area contributed by atoms with Crippen LogP contribution in [-0.2, 0) is 9.47 Å². The summed E-state index contributed by atoms with van der Waals surface area (Å²) in [5, 5.41) is 0. The van der Waals surface area contributed by atoms with E-state index in [-0.39, 0.29) is 11.1 Å². The van der Waals surface area contributed by atoms with Crippen LogP contribution in [0.5, 0.6) is 0 Å². The maximum Gasteiger partial charge on any atom is 0.339 e. The number of benzene rings is 1. The van der Waals surface area contributed by atoms with Crippen LogP contribution in [0.4, 0.5) is 0 Å². The molecule has 1 aliphatic carbocycles. The molecule has 0 amide bonds. The minimum Gasteiger partial charge on any atom is -0.465 e. The number of carbonyl (C=O) groups is 2. The molecular weight excluding hydrogens is 256 g/mol. The molecule has 1 aliphatic rings. The largest absolute Gasteiger partial charge is 0.465 e. The molecule has 0 radical (unpaired) electrons. The van der Waals surface area contributed by atoms with Crippen LogP contribution in [0.3, 0.4) is 0 Å². The number of rotatable bonds is 4. The number of ether oxygens (including phenoxy) is 2. The quantitative estimate of drug-likeness (QED) is 0.792. The maximum absolute atomic E-state index is 12.1. The molecule has 1 aromatic rings. The molecule has 108 valence electrons. The first-order chi connectivity index (χ1) is 9.72. The van der Waals surface area contributed by atoms with Gasteiger partial charge in [-0.15, -0.1) is 0 Å². The van der Waals surface area contributed by atoms with Crippen LogP contribution >= 0.6 is 0 Å². The molecule has 0 aromatic heterocycles. The molecule has 4 nitrogen and oxygen atoms in total. The van der Waals surface area contributed by atoms with Crippen molar-refractivity contribution in [1.82, 2.24) is 0 Å². The Balaban J connectivity index is 1.99. The van der Waals surface area contributed by atoms with Gasteiger partial charge in [-0.05, 0) is 30.9 Å². The minimum absolute atomic E-state index is 0.253. The van der Waals surface area contributed by atoms with Crippen molar-refractivity contribution in [3.05, 3.63) is 35.4 Å². The summed E-state index contributed by atoms with van der Waals surface area (Å²) >= 11 is 0. The van der Waals surface area contributed by atoms with E-state index in [0.717, 1.165) is 12.8 Å². The lowest BCUT2D eigenvalue weighted by atomic mass is 9.90. The van der Waals surface area contributed by atoms with Crippen LogP contribution in [0.15, 0.2) is 24.3 Å². The lowest BCUT2D eigenvalue weighted by Crippen LogP contribution is -2.18. The molecule has 0 unspecified atom stereocenters. The minimum atomic E-state index is -0.518. The fourth-order valence-corrected chi connectivity index (χ4v) is 2.57. The van der Waals surface area contributed by atoms with Gasteiger partial charge >= 0.3 is 11.9 Å². The normalized spacial score (nSPS) is 15.7. The molecular formula is C16H20O4. The van der Waals surface area contributed by atoms with Crippen molar-refractivity contribution in [2.24, 2.45) is 5.92 Å². The summed E-state index contributed by atoms with van der Waals surface area (Å²) in [6.07, 6.45) is 5.93. The standard InChI is InChI=1S/C16H20O4/c1-19-15(17)13-9-5-6-10-14(13)16(18)20-11-12-7-3-2-4-8-12/h5-6,9-10,12H,2-4,7-8,11H2,1H3. The Labute approximate surface area is 119 Å². The second-order valence-electron chi connectivity index (χ2n) is 5.14. The molecule has 1 fully saturated rings. The summed E-state index contributed by atoms with van der Waals surface area (Å²) in [6.45, 7) is 0.439. The summed E-state index contributed by atoms with van der Waals surface area (Å²) in [4.78, 5) is 23.7. The monoisotopic (exact) mass is 276 g/mol. The van der Waals surface area contributed by atoms with Gasteiger partial charge in [-0.3, -0.25) is 0 Å². The van der Waals surface area contributed by atoms with Crippen molar-refractivity contribution >= 4 is 11.9 Å². The summed E-state index contributed by atoms with van der Waals surface area (Å²) < 4.78 is 10.0. The number of hydrogen-bond donors (Lipinski definition) is 0. The van der Waals surface area contributed by atoms with Crippen LogP contribution in [0.2, 0.25) is 0 Å². The third-order valence-corrected chi connectivity index (χ3v) is 3.73. The number of hydrogen-bond acceptors (Lipinski definition) is 4. The van der Waals surface area contributed by atoms with E-state index in [4.69, 9.17) is 4.74 Å². The van der Waals surface area contributed by atoms with Crippen LogP contribution < -0.4 is 0 Å². The molecule has 1 saturated carbocycles. The third-order valence-electron chi connectivity index (χ3n) is 3.73. The highest BCUT2D eigenvalue weighted by atomic mass is 16.5. The molecule has 20 heavy (non-hydrogen) atoms. The molecule has 0 saturated heterocycles. The van der Waals surface area contributed by atoms with E-state index in [9.17, 15) is 9.59 Å². The van der Waals surface area contributed by atoms with E-state index >= 15 is 0 Å². The van der Waals surface area contributed by atoms with Crippen molar-refractivity contribution in [2.45, 2.75) is 32.1 Å². The van der Waals surface area contributed by atoms with Gasteiger partial charge in [0.25, 0.3) is 0 Å². The molecule has 1 aromatic carbocycles. The Kier molecular flexibility index (Phi) is 5.16. The highest BCUT2D eigenvalue weighted by Crippen LogP contribution is 2.24. The number of carbonyl (C=O) groups excluding carboxylic acids is 2. The zero-order valence-corrected chi connectivity index (χ0v) is 11.8. The predicted molar refractivity (Wildman–Crippen MR) is 74.6 cm³/mol. The Hall–Kier alpha value is -1.84. The molecule has 0 atom stereocenters. The average Bonchev–Trinajstić information content (AvgIpc) is 2.52. The van der Waals surface area contributed by atoms with Crippen molar-refractivity contribution in [3.63, 3.8) is 0 Å². The summed E-state index contributed by atoms with van der Waals surface area (Å²) in [5.41, 5.74) is 0.527. The molecule has 0 spiro atoms. The fraction of sp³-hybridized carbons (Fsp3) is 0.500. The number of esters is 2. The predicted octanol–water partition coefficient (Wildman–Crippen LogP) is 3.21. The van der Waals surface area contributed by atoms with Crippen LogP contribution in [0, 0.1) is 5.92 Å². The highest BCUT2D eigenvalue weighted by Gasteiger charge is 2.20. The van der Waals surface area contributed by atoms with Gasteiger partial charge in [0.2, 0.25) is 0 Å². The van der Waals surface area contributed by atoms with Crippen molar-refractivity contribution in [3.8, 4) is 0 Å². The van der Waals surface area contributed by atoms with Crippen molar-refractivity contribution in [2.75, 3.05) is 13.7 Å². The average molecular weight is 276 g/mol. The first kappa shape index (κ1) is 14.6. The lowest BCUT2D eigenvalue weighted by molar-refractivity contribution is 0.0400. The summed E-state index contributed by atoms with van der Waals surface area (Å²) in [7, 11) is 1.30. The first-order valence-electron chi connectivity index (χ1n) is 7.07. The molecule has 0 N–H and O–H groups in total. The highest BCUT2D eigenvalue weighted by molar-refractivity contribution is 6.03. The van der Waals surface area contributed by atoms with E-state index in [1.165, 1.54) is 26.4 Å². The molecule has 4 heteroatoms. The van der Waals surface area contributed by atoms with Crippen molar-refractivity contribution < 1.29 is 19.1 Å². The van der Waals surface area contributed by atoms with E-state index in [0.29, 0.717) is 12.5 Å². The fourth-order valence-electron chi connectivity index (χ4n) is 2.57. The molecule has 0 heterocycles. The lowest BCUT2D eigenvalue weighted by Gasteiger charge is -2.21. The molecule has 0 aliphatic heterocycles. The third kappa shape index (κ3) is 3.59. The second kappa shape index (κ2) is 7.08. The first-order valence-corrected chi connectivity index (χ1v) is 7.07. The van der Waals surface area contributed by atoms with E-state index in [2.05, 4.69) is 4.74 Å². The summed E-state index contributed by atoms with van der Waals surface area (Å²) in [5.74, 6) is -0.509.